The lowest BCUT2D eigenvalue weighted by Crippen LogP contribution is -2.59. The molecule has 0 unspecified atom stereocenters. The van der Waals surface area contributed by atoms with Crippen LogP contribution in [0.3, 0.4) is 0 Å². The summed E-state index contributed by atoms with van der Waals surface area (Å²) in [6.45, 7) is 3.87. The zero-order valence-electron chi connectivity index (χ0n) is 20.2. The van der Waals surface area contributed by atoms with Gasteiger partial charge in [0.2, 0.25) is 5.91 Å². The van der Waals surface area contributed by atoms with Crippen LogP contribution in [-0.2, 0) is 9.59 Å². The van der Waals surface area contributed by atoms with Crippen LogP contribution in [0.2, 0.25) is 10.0 Å². The average molecular weight is 518 g/mol. The first-order valence-electron chi connectivity index (χ1n) is 12.4. The molecule has 1 heterocycles. The summed E-state index contributed by atoms with van der Waals surface area (Å²) in [5, 5.41) is 22.3. The number of carbonyl (C=O) groups is 2. The summed E-state index contributed by atoms with van der Waals surface area (Å²) in [7, 11) is 0. The lowest BCUT2D eigenvalue weighted by Gasteiger charge is -2.53. The number of likely N-dealkylation sites (tertiary alicyclic amines) is 1. The third kappa shape index (κ3) is 5.23. The number of hydrogen-bond acceptors (Lipinski definition) is 3. The number of hydrogen-bond donors (Lipinski definition) is 2. The Hall–Kier alpha value is -2.08. The van der Waals surface area contributed by atoms with E-state index in [0.29, 0.717) is 29.3 Å². The van der Waals surface area contributed by atoms with Crippen LogP contribution in [0.5, 0.6) is 0 Å². The molecule has 1 saturated carbocycles. The maximum Gasteiger partial charge on any atom is 0.304 e. The average Bonchev–Trinajstić information content (AvgIpc) is 3.67. The van der Waals surface area contributed by atoms with E-state index in [2.05, 4.69) is 0 Å². The number of aliphatic hydroxyl groups excluding tert-OH is 1. The van der Waals surface area contributed by atoms with Crippen LogP contribution >= 0.6 is 23.2 Å². The molecule has 2 N–H and O–H groups in total. The van der Waals surface area contributed by atoms with Gasteiger partial charge < -0.3 is 15.1 Å². The van der Waals surface area contributed by atoms with Crippen molar-refractivity contribution in [1.29, 1.82) is 0 Å². The standard InChI is InChI=1S/C28H33Cl2NO4/c1-3-23(26(34)18-8-9-18)31-25(17-10-12-20(29)13-11-17)22(19-6-5-7-21(30)14-19)15-28(4-2,27(31)35)16-24(32)33/h5-7,10-14,18,22-23,25-26,34H,3-4,8-9,15-16H2,1-2H3,(H,32,33)/t22-,23+,25-,26-,28-/m1/s1. The van der Waals surface area contributed by atoms with Gasteiger partial charge in [-0.05, 0) is 73.4 Å². The summed E-state index contributed by atoms with van der Waals surface area (Å²) in [6.07, 6.45) is 2.33. The van der Waals surface area contributed by atoms with Gasteiger partial charge in [0, 0.05) is 16.0 Å². The lowest BCUT2D eigenvalue weighted by atomic mass is 9.64. The Kier molecular flexibility index (Phi) is 7.80. The normalized spacial score (nSPS) is 26.4. The van der Waals surface area contributed by atoms with Gasteiger partial charge in [-0.2, -0.15) is 0 Å². The van der Waals surface area contributed by atoms with Crippen molar-refractivity contribution in [2.24, 2.45) is 11.3 Å². The second kappa shape index (κ2) is 10.5. The van der Waals surface area contributed by atoms with Crippen LogP contribution < -0.4 is 0 Å². The van der Waals surface area contributed by atoms with Gasteiger partial charge in [0.15, 0.2) is 0 Å². The molecule has 4 rings (SSSR count). The Labute approximate surface area is 217 Å². The topological polar surface area (TPSA) is 77.8 Å². The van der Waals surface area contributed by atoms with Gasteiger partial charge in [0.05, 0.1) is 30.0 Å². The highest BCUT2D eigenvalue weighted by Crippen LogP contribution is 2.54. The van der Waals surface area contributed by atoms with Gasteiger partial charge in [-0.1, -0.05) is 61.3 Å². The number of piperidine rings is 1. The summed E-state index contributed by atoms with van der Waals surface area (Å²) in [6, 6.07) is 14.3. The van der Waals surface area contributed by atoms with E-state index in [4.69, 9.17) is 23.2 Å². The Morgan fingerprint density at radius 1 is 1.09 bits per heavy atom. The number of nitrogens with zero attached hydrogens (tertiary/aromatic N) is 1. The van der Waals surface area contributed by atoms with E-state index >= 15 is 0 Å². The fourth-order valence-corrected chi connectivity index (χ4v) is 6.20. The number of benzene rings is 2. The predicted octanol–water partition coefficient (Wildman–Crippen LogP) is 6.47. The molecule has 1 aliphatic carbocycles. The molecule has 2 aromatic carbocycles. The molecular weight excluding hydrogens is 485 g/mol. The number of carboxylic acids is 1. The maximum absolute atomic E-state index is 14.4. The minimum absolute atomic E-state index is 0.167. The molecule has 5 atom stereocenters. The zero-order valence-corrected chi connectivity index (χ0v) is 21.7. The maximum atomic E-state index is 14.4. The van der Waals surface area contributed by atoms with Crippen LogP contribution in [0.25, 0.3) is 0 Å². The van der Waals surface area contributed by atoms with Gasteiger partial charge >= 0.3 is 5.97 Å². The number of aliphatic hydroxyl groups is 1. The molecule has 35 heavy (non-hydrogen) atoms. The molecule has 0 aromatic heterocycles. The Bertz CT molecular complexity index is 1070. The molecule has 2 aromatic rings. The number of halogens is 2. The third-order valence-electron chi connectivity index (χ3n) is 7.91. The van der Waals surface area contributed by atoms with E-state index in [-0.39, 0.29) is 30.2 Å². The van der Waals surface area contributed by atoms with E-state index in [1.807, 2.05) is 67.3 Å². The molecule has 1 saturated heterocycles. The van der Waals surface area contributed by atoms with Gasteiger partial charge in [-0.3, -0.25) is 9.59 Å². The summed E-state index contributed by atoms with van der Waals surface area (Å²) < 4.78 is 0. The number of rotatable bonds is 9. The summed E-state index contributed by atoms with van der Waals surface area (Å²) in [5.74, 6) is -1.22. The van der Waals surface area contributed by atoms with Crippen LogP contribution in [0.1, 0.15) is 75.5 Å². The van der Waals surface area contributed by atoms with Crippen molar-refractivity contribution >= 4 is 35.1 Å². The van der Waals surface area contributed by atoms with E-state index < -0.39 is 23.5 Å². The van der Waals surface area contributed by atoms with Crippen LogP contribution in [0.15, 0.2) is 48.5 Å². The molecule has 0 radical (unpaired) electrons. The summed E-state index contributed by atoms with van der Waals surface area (Å²) in [4.78, 5) is 28.2. The molecule has 188 valence electrons. The number of carbonyl (C=O) groups excluding carboxylic acids is 1. The molecule has 2 aliphatic rings. The minimum Gasteiger partial charge on any atom is -0.481 e. The SMILES string of the molecule is CC[C@@H]([C@H](O)C1CC1)N1C(=O)[C@@](CC)(CC(=O)O)C[C@H](c2cccc(Cl)c2)[C@H]1c1ccc(Cl)cc1. The molecule has 0 bridgehead atoms. The lowest BCUT2D eigenvalue weighted by molar-refractivity contribution is -0.166. The minimum atomic E-state index is -1.07. The Morgan fingerprint density at radius 2 is 1.77 bits per heavy atom. The van der Waals surface area contributed by atoms with Crippen molar-refractivity contribution in [3.63, 3.8) is 0 Å². The highest BCUT2D eigenvalue weighted by molar-refractivity contribution is 6.30. The number of carboxylic acid groups (broad SMARTS) is 1. The fourth-order valence-electron chi connectivity index (χ4n) is 5.87. The highest BCUT2D eigenvalue weighted by atomic mass is 35.5. The van der Waals surface area contributed by atoms with E-state index in [1.165, 1.54) is 0 Å². The van der Waals surface area contributed by atoms with Crippen molar-refractivity contribution < 1.29 is 19.8 Å². The third-order valence-corrected chi connectivity index (χ3v) is 8.40. The van der Waals surface area contributed by atoms with E-state index in [0.717, 1.165) is 24.0 Å². The largest absolute Gasteiger partial charge is 0.481 e. The van der Waals surface area contributed by atoms with Gasteiger partial charge in [-0.15, -0.1) is 0 Å². The monoisotopic (exact) mass is 517 g/mol. The molecule has 1 aliphatic heterocycles. The van der Waals surface area contributed by atoms with Crippen molar-refractivity contribution in [2.45, 2.75) is 76.5 Å². The molecule has 5 nitrogen and oxygen atoms in total. The van der Waals surface area contributed by atoms with Crippen LogP contribution in [-0.4, -0.2) is 39.1 Å². The van der Waals surface area contributed by atoms with E-state index in [9.17, 15) is 19.8 Å². The first-order chi connectivity index (χ1) is 16.7. The summed E-state index contributed by atoms with van der Waals surface area (Å²) >= 11 is 12.6. The van der Waals surface area contributed by atoms with Crippen LogP contribution in [0.4, 0.5) is 0 Å². The first kappa shape index (κ1) is 26.0. The van der Waals surface area contributed by atoms with Crippen molar-refractivity contribution in [2.75, 3.05) is 0 Å². The Balaban J connectivity index is 1.93. The van der Waals surface area contributed by atoms with Gasteiger partial charge in [-0.25, -0.2) is 0 Å². The van der Waals surface area contributed by atoms with Gasteiger partial charge in [0.1, 0.15) is 0 Å². The van der Waals surface area contributed by atoms with Crippen molar-refractivity contribution in [3.8, 4) is 0 Å². The molecule has 0 spiro atoms. The van der Waals surface area contributed by atoms with Gasteiger partial charge in [0.25, 0.3) is 0 Å². The molecule has 7 heteroatoms. The highest BCUT2D eigenvalue weighted by Gasteiger charge is 2.55. The smallest absolute Gasteiger partial charge is 0.304 e. The quantitative estimate of drug-likeness (QED) is 0.399. The summed E-state index contributed by atoms with van der Waals surface area (Å²) in [5.41, 5.74) is 0.793. The van der Waals surface area contributed by atoms with Crippen molar-refractivity contribution in [1.82, 2.24) is 4.90 Å². The molecule has 2 fully saturated rings. The van der Waals surface area contributed by atoms with Crippen LogP contribution in [0, 0.1) is 11.3 Å². The predicted molar refractivity (Wildman–Crippen MR) is 138 cm³/mol. The van der Waals surface area contributed by atoms with Crippen molar-refractivity contribution in [3.05, 3.63) is 69.7 Å². The Morgan fingerprint density at radius 3 is 2.31 bits per heavy atom. The molecular formula is C28H33Cl2NO4. The second-order valence-corrected chi connectivity index (χ2v) is 11.0. The first-order valence-corrected chi connectivity index (χ1v) is 13.2. The number of amides is 1. The zero-order chi connectivity index (χ0) is 25.3. The number of aliphatic carboxylic acids is 1. The second-order valence-electron chi connectivity index (χ2n) is 10.1. The molecule has 1 amide bonds. The van der Waals surface area contributed by atoms with E-state index in [1.54, 1.807) is 0 Å². The fraction of sp³-hybridized carbons (Fsp3) is 0.500.